The van der Waals surface area contributed by atoms with Crippen molar-refractivity contribution in [3.63, 3.8) is 0 Å². The molecule has 0 unspecified atom stereocenters. The van der Waals surface area contributed by atoms with E-state index in [0.717, 1.165) is 19.6 Å². The SMILES string of the molecule is CNC(=O)c1ccc(OC)c(NC(=O)N2CCN(Cc3ccccc3)CC2)c1. The molecule has 28 heavy (non-hydrogen) atoms. The molecular weight excluding hydrogens is 356 g/mol. The molecule has 1 aliphatic rings. The summed E-state index contributed by atoms with van der Waals surface area (Å²) in [6.45, 7) is 3.82. The van der Waals surface area contributed by atoms with Crippen LogP contribution >= 0.6 is 0 Å². The first-order valence-electron chi connectivity index (χ1n) is 9.33. The van der Waals surface area contributed by atoms with E-state index in [0.29, 0.717) is 30.1 Å². The molecule has 3 rings (SSSR count). The van der Waals surface area contributed by atoms with Gasteiger partial charge in [-0.05, 0) is 23.8 Å². The maximum atomic E-state index is 12.7. The van der Waals surface area contributed by atoms with Crippen LogP contribution in [0.1, 0.15) is 15.9 Å². The summed E-state index contributed by atoms with van der Waals surface area (Å²) in [4.78, 5) is 28.7. The van der Waals surface area contributed by atoms with Crippen LogP contribution in [0.15, 0.2) is 48.5 Å². The van der Waals surface area contributed by atoms with Gasteiger partial charge in [0.25, 0.3) is 5.91 Å². The largest absolute Gasteiger partial charge is 0.495 e. The van der Waals surface area contributed by atoms with E-state index in [1.165, 1.54) is 12.7 Å². The van der Waals surface area contributed by atoms with E-state index < -0.39 is 0 Å². The molecule has 2 aromatic carbocycles. The van der Waals surface area contributed by atoms with Crippen molar-refractivity contribution in [2.24, 2.45) is 0 Å². The second kappa shape index (κ2) is 9.23. The van der Waals surface area contributed by atoms with Gasteiger partial charge in [0.1, 0.15) is 5.75 Å². The Balaban J connectivity index is 1.59. The van der Waals surface area contributed by atoms with Crippen LogP contribution in [-0.4, -0.2) is 62.1 Å². The second-order valence-corrected chi connectivity index (χ2v) is 6.67. The molecule has 1 fully saturated rings. The summed E-state index contributed by atoms with van der Waals surface area (Å²) in [5.41, 5.74) is 2.22. The van der Waals surface area contributed by atoms with Crippen LogP contribution in [0.4, 0.5) is 10.5 Å². The van der Waals surface area contributed by atoms with Gasteiger partial charge in [0.05, 0.1) is 12.8 Å². The summed E-state index contributed by atoms with van der Waals surface area (Å²) in [6.07, 6.45) is 0. The number of methoxy groups -OCH3 is 1. The summed E-state index contributed by atoms with van der Waals surface area (Å²) < 4.78 is 5.31. The zero-order valence-corrected chi connectivity index (χ0v) is 16.3. The lowest BCUT2D eigenvalue weighted by atomic mass is 10.1. The third-order valence-corrected chi connectivity index (χ3v) is 4.84. The van der Waals surface area contributed by atoms with Gasteiger partial charge >= 0.3 is 6.03 Å². The normalized spacial score (nSPS) is 14.4. The van der Waals surface area contributed by atoms with Crippen molar-refractivity contribution in [1.29, 1.82) is 0 Å². The molecule has 2 aromatic rings. The smallest absolute Gasteiger partial charge is 0.322 e. The minimum absolute atomic E-state index is 0.188. The zero-order valence-electron chi connectivity index (χ0n) is 16.3. The highest BCUT2D eigenvalue weighted by atomic mass is 16.5. The van der Waals surface area contributed by atoms with E-state index in [4.69, 9.17) is 4.74 Å². The van der Waals surface area contributed by atoms with E-state index >= 15 is 0 Å². The quantitative estimate of drug-likeness (QED) is 0.833. The lowest BCUT2D eigenvalue weighted by Gasteiger charge is -2.34. The maximum Gasteiger partial charge on any atom is 0.322 e. The van der Waals surface area contributed by atoms with Crippen molar-refractivity contribution < 1.29 is 14.3 Å². The fraction of sp³-hybridized carbons (Fsp3) is 0.333. The van der Waals surface area contributed by atoms with E-state index in [1.807, 2.05) is 18.2 Å². The minimum atomic E-state index is -0.215. The Morgan fingerprint density at radius 2 is 1.75 bits per heavy atom. The topological polar surface area (TPSA) is 73.9 Å². The molecule has 0 saturated carbocycles. The molecule has 2 N–H and O–H groups in total. The average molecular weight is 382 g/mol. The van der Waals surface area contributed by atoms with Crippen LogP contribution < -0.4 is 15.4 Å². The Labute approximate surface area is 165 Å². The van der Waals surface area contributed by atoms with E-state index in [1.54, 1.807) is 30.1 Å². The van der Waals surface area contributed by atoms with Crippen LogP contribution in [0.25, 0.3) is 0 Å². The molecule has 0 aliphatic carbocycles. The van der Waals surface area contributed by atoms with Gasteiger partial charge in [-0.15, -0.1) is 0 Å². The number of anilines is 1. The number of ether oxygens (including phenoxy) is 1. The lowest BCUT2D eigenvalue weighted by molar-refractivity contribution is 0.0963. The van der Waals surface area contributed by atoms with Crippen molar-refractivity contribution in [2.45, 2.75) is 6.54 Å². The third-order valence-electron chi connectivity index (χ3n) is 4.84. The summed E-state index contributed by atoms with van der Waals surface area (Å²) in [5, 5.41) is 5.46. The van der Waals surface area contributed by atoms with E-state index in [-0.39, 0.29) is 11.9 Å². The van der Waals surface area contributed by atoms with Crippen LogP contribution in [0.5, 0.6) is 5.75 Å². The first-order valence-corrected chi connectivity index (χ1v) is 9.33. The highest BCUT2D eigenvalue weighted by Gasteiger charge is 2.22. The third kappa shape index (κ3) is 4.80. The number of hydrogen-bond acceptors (Lipinski definition) is 4. The number of nitrogens with zero attached hydrogens (tertiary/aromatic N) is 2. The Morgan fingerprint density at radius 3 is 2.39 bits per heavy atom. The molecule has 1 heterocycles. The van der Waals surface area contributed by atoms with Crippen molar-refractivity contribution in [2.75, 3.05) is 45.7 Å². The number of carbonyl (C=O) groups is 2. The first-order chi connectivity index (χ1) is 13.6. The van der Waals surface area contributed by atoms with Crippen LogP contribution in [0, 0.1) is 0 Å². The van der Waals surface area contributed by atoms with Crippen molar-refractivity contribution in [1.82, 2.24) is 15.1 Å². The van der Waals surface area contributed by atoms with Crippen LogP contribution in [0.3, 0.4) is 0 Å². The lowest BCUT2D eigenvalue weighted by Crippen LogP contribution is -2.49. The molecular formula is C21H26N4O3. The summed E-state index contributed by atoms with van der Waals surface area (Å²) in [5.74, 6) is 0.302. The van der Waals surface area contributed by atoms with Gasteiger partial charge in [-0.1, -0.05) is 30.3 Å². The Morgan fingerprint density at radius 1 is 1.04 bits per heavy atom. The molecule has 3 amide bonds. The standard InChI is InChI=1S/C21H26N4O3/c1-22-20(26)17-8-9-19(28-2)18(14-17)23-21(27)25-12-10-24(11-13-25)15-16-6-4-3-5-7-16/h3-9,14H,10-13,15H2,1-2H3,(H,22,26)(H,23,27). The van der Waals surface area contributed by atoms with Gasteiger partial charge in [0, 0.05) is 45.3 Å². The maximum absolute atomic E-state index is 12.7. The molecule has 7 heteroatoms. The highest BCUT2D eigenvalue weighted by molar-refractivity contribution is 5.97. The predicted molar refractivity (Wildman–Crippen MR) is 109 cm³/mol. The monoisotopic (exact) mass is 382 g/mol. The Kier molecular flexibility index (Phi) is 6.49. The zero-order chi connectivity index (χ0) is 19.9. The van der Waals surface area contributed by atoms with Crippen LogP contribution in [-0.2, 0) is 6.54 Å². The molecule has 0 atom stereocenters. The van der Waals surface area contributed by atoms with Gasteiger partial charge in [-0.2, -0.15) is 0 Å². The van der Waals surface area contributed by atoms with Gasteiger partial charge in [0.2, 0.25) is 0 Å². The molecule has 1 saturated heterocycles. The number of nitrogens with one attached hydrogen (secondary N) is 2. The summed E-state index contributed by atoms with van der Waals surface area (Å²) >= 11 is 0. The van der Waals surface area contributed by atoms with Gasteiger partial charge in [-0.25, -0.2) is 4.79 Å². The van der Waals surface area contributed by atoms with E-state index in [2.05, 4.69) is 27.7 Å². The second-order valence-electron chi connectivity index (χ2n) is 6.67. The molecule has 0 radical (unpaired) electrons. The minimum Gasteiger partial charge on any atom is -0.495 e. The fourth-order valence-corrected chi connectivity index (χ4v) is 3.24. The van der Waals surface area contributed by atoms with Gasteiger partial charge < -0.3 is 20.3 Å². The number of amides is 3. The number of piperazine rings is 1. The molecule has 0 aromatic heterocycles. The predicted octanol–water partition coefficient (Wildman–Crippen LogP) is 2.40. The number of urea groups is 1. The van der Waals surface area contributed by atoms with Gasteiger partial charge in [0.15, 0.2) is 0 Å². The molecule has 0 bridgehead atoms. The van der Waals surface area contributed by atoms with E-state index in [9.17, 15) is 9.59 Å². The summed E-state index contributed by atoms with van der Waals surface area (Å²) in [6, 6.07) is 15.1. The number of carbonyl (C=O) groups excluding carboxylic acids is 2. The number of hydrogen-bond donors (Lipinski definition) is 2. The average Bonchev–Trinajstić information content (AvgIpc) is 2.74. The Hall–Kier alpha value is -3.06. The fourth-order valence-electron chi connectivity index (χ4n) is 3.24. The van der Waals surface area contributed by atoms with Crippen molar-refractivity contribution >= 4 is 17.6 Å². The van der Waals surface area contributed by atoms with Gasteiger partial charge in [-0.3, -0.25) is 9.69 Å². The first kappa shape index (κ1) is 19.7. The molecule has 148 valence electrons. The molecule has 0 spiro atoms. The molecule has 7 nitrogen and oxygen atoms in total. The van der Waals surface area contributed by atoms with Crippen LogP contribution in [0.2, 0.25) is 0 Å². The summed E-state index contributed by atoms with van der Waals surface area (Å²) in [7, 11) is 3.10. The number of rotatable bonds is 5. The number of benzene rings is 2. The Bertz CT molecular complexity index is 818. The van der Waals surface area contributed by atoms with Crippen molar-refractivity contribution in [3.8, 4) is 5.75 Å². The molecule has 1 aliphatic heterocycles. The highest BCUT2D eigenvalue weighted by Crippen LogP contribution is 2.26. The van der Waals surface area contributed by atoms with Crippen molar-refractivity contribution in [3.05, 3.63) is 59.7 Å².